The van der Waals surface area contributed by atoms with Crippen molar-refractivity contribution in [2.24, 2.45) is 0 Å². The molecule has 0 radical (unpaired) electrons. The van der Waals surface area contributed by atoms with Crippen LogP contribution in [0.2, 0.25) is 0 Å². The van der Waals surface area contributed by atoms with Gasteiger partial charge in [0.1, 0.15) is 11.3 Å². The van der Waals surface area contributed by atoms with Gasteiger partial charge in [0, 0.05) is 43.3 Å². The number of methoxy groups -OCH3 is 1. The summed E-state index contributed by atoms with van der Waals surface area (Å²) in [5.41, 5.74) is 8.24. The molecule has 2 aliphatic heterocycles. The maximum atomic E-state index is 5.39. The van der Waals surface area contributed by atoms with Gasteiger partial charge in [-0.25, -0.2) is 9.97 Å². The molecule has 2 aliphatic rings. The molecule has 4 aromatic rings. The molecule has 2 bridgehead atoms. The maximum Gasteiger partial charge on any atom is 0.227 e. The van der Waals surface area contributed by atoms with E-state index in [1.807, 2.05) is 6.33 Å². The van der Waals surface area contributed by atoms with Crippen molar-refractivity contribution in [3.63, 3.8) is 0 Å². The number of hydrogen-bond donors (Lipinski definition) is 0. The van der Waals surface area contributed by atoms with Gasteiger partial charge in [0.05, 0.1) is 19.1 Å². The number of piperazine rings is 1. The second kappa shape index (κ2) is 10.1. The van der Waals surface area contributed by atoms with Crippen molar-refractivity contribution in [3.8, 4) is 5.75 Å². The molecule has 0 amide bonds. The third-order valence-electron chi connectivity index (χ3n) is 8.75. The standard InChI is InChI=1S/C33H42N6O/c1-21(2)38-20-34-31-30(38)29(17-23-16-24(33(4,5)6)9-8-22(23)3)35-32(36-31)37-18-26-10-11-27(19-37)39(26)25-12-14-28(40-7)15-13-25/h8-9,12-16,20-21,26-27H,10-11,17-19H2,1-7H3/t26-,27+. The van der Waals surface area contributed by atoms with E-state index in [4.69, 9.17) is 19.7 Å². The lowest BCUT2D eigenvalue weighted by Crippen LogP contribution is -2.54. The Morgan fingerprint density at radius 3 is 2.30 bits per heavy atom. The summed E-state index contributed by atoms with van der Waals surface area (Å²) in [6.45, 7) is 15.2. The zero-order valence-electron chi connectivity index (χ0n) is 25.0. The quantitative estimate of drug-likeness (QED) is 0.280. The Morgan fingerprint density at radius 2 is 1.68 bits per heavy atom. The van der Waals surface area contributed by atoms with E-state index in [2.05, 4.69) is 98.4 Å². The minimum atomic E-state index is 0.0944. The largest absolute Gasteiger partial charge is 0.497 e. The zero-order valence-corrected chi connectivity index (χ0v) is 25.0. The Labute approximate surface area is 238 Å². The first kappa shape index (κ1) is 26.6. The van der Waals surface area contributed by atoms with Crippen LogP contribution < -0.4 is 14.5 Å². The lowest BCUT2D eigenvalue weighted by molar-refractivity contribution is 0.414. The topological polar surface area (TPSA) is 59.3 Å². The Hall–Kier alpha value is -3.61. The van der Waals surface area contributed by atoms with Gasteiger partial charge in [0.15, 0.2) is 5.65 Å². The molecule has 2 aromatic carbocycles. The highest BCUT2D eigenvalue weighted by atomic mass is 16.5. The number of anilines is 2. The highest BCUT2D eigenvalue weighted by molar-refractivity contribution is 5.76. The number of ether oxygens (including phenoxy) is 1. The van der Waals surface area contributed by atoms with Crippen LogP contribution in [0.3, 0.4) is 0 Å². The molecule has 2 fully saturated rings. The number of imidazole rings is 1. The fourth-order valence-electron chi connectivity index (χ4n) is 6.41. The minimum Gasteiger partial charge on any atom is -0.497 e. The minimum absolute atomic E-state index is 0.0944. The van der Waals surface area contributed by atoms with Gasteiger partial charge < -0.3 is 19.1 Å². The predicted octanol–water partition coefficient (Wildman–Crippen LogP) is 6.47. The van der Waals surface area contributed by atoms with Crippen LogP contribution in [0.15, 0.2) is 48.8 Å². The van der Waals surface area contributed by atoms with Crippen LogP contribution in [0.1, 0.15) is 75.9 Å². The predicted molar refractivity (Wildman–Crippen MR) is 163 cm³/mol. The average Bonchev–Trinajstić information content (AvgIpc) is 3.47. The molecule has 2 aromatic heterocycles. The van der Waals surface area contributed by atoms with Gasteiger partial charge in [-0.2, -0.15) is 4.98 Å². The van der Waals surface area contributed by atoms with E-state index in [1.54, 1.807) is 7.11 Å². The highest BCUT2D eigenvalue weighted by Gasteiger charge is 2.41. The second-order valence-corrected chi connectivity index (χ2v) is 12.9. The molecule has 0 unspecified atom stereocenters. The average molecular weight is 539 g/mol. The summed E-state index contributed by atoms with van der Waals surface area (Å²) in [4.78, 5) is 20.1. The van der Waals surface area contributed by atoms with E-state index >= 15 is 0 Å². The number of aryl methyl sites for hydroxylation is 1. The second-order valence-electron chi connectivity index (χ2n) is 12.9. The van der Waals surface area contributed by atoms with Gasteiger partial charge in [0.25, 0.3) is 0 Å². The Balaban J connectivity index is 1.35. The van der Waals surface area contributed by atoms with Gasteiger partial charge in [-0.05, 0) is 80.0 Å². The van der Waals surface area contributed by atoms with Crippen molar-refractivity contribution in [1.29, 1.82) is 0 Å². The van der Waals surface area contributed by atoms with E-state index in [-0.39, 0.29) is 11.5 Å². The van der Waals surface area contributed by atoms with Crippen LogP contribution in [-0.4, -0.2) is 51.8 Å². The molecule has 7 nitrogen and oxygen atoms in total. The number of hydrogen-bond acceptors (Lipinski definition) is 6. The number of benzene rings is 2. The van der Waals surface area contributed by atoms with Gasteiger partial charge >= 0.3 is 0 Å². The van der Waals surface area contributed by atoms with Crippen molar-refractivity contribution in [1.82, 2.24) is 19.5 Å². The molecule has 6 rings (SSSR count). The smallest absolute Gasteiger partial charge is 0.227 e. The molecule has 0 spiro atoms. The number of aromatic nitrogens is 4. The third-order valence-corrected chi connectivity index (χ3v) is 8.75. The number of nitrogens with zero attached hydrogens (tertiary/aromatic N) is 6. The molecular weight excluding hydrogens is 496 g/mol. The van der Waals surface area contributed by atoms with Gasteiger partial charge in [-0.1, -0.05) is 39.0 Å². The van der Waals surface area contributed by atoms with Crippen molar-refractivity contribution in [3.05, 3.63) is 71.2 Å². The monoisotopic (exact) mass is 538 g/mol. The molecule has 210 valence electrons. The molecule has 2 saturated heterocycles. The van der Waals surface area contributed by atoms with Crippen molar-refractivity contribution < 1.29 is 4.74 Å². The maximum absolute atomic E-state index is 5.39. The van der Waals surface area contributed by atoms with Crippen LogP contribution in [-0.2, 0) is 11.8 Å². The van der Waals surface area contributed by atoms with Crippen molar-refractivity contribution in [2.75, 3.05) is 30.0 Å². The normalized spacial score (nSPS) is 19.2. The first-order valence-electron chi connectivity index (χ1n) is 14.6. The van der Waals surface area contributed by atoms with Gasteiger partial charge in [0.2, 0.25) is 5.95 Å². The Morgan fingerprint density at radius 1 is 0.975 bits per heavy atom. The first-order chi connectivity index (χ1) is 19.1. The molecule has 40 heavy (non-hydrogen) atoms. The lowest BCUT2D eigenvalue weighted by Gasteiger charge is -2.42. The SMILES string of the molecule is COc1ccc(N2[C@@H]3CC[C@H]2CN(c2nc(Cc4cc(C(C)(C)C)ccc4C)c4c(ncn4C(C)C)n2)C3)cc1. The molecule has 4 heterocycles. The van der Waals surface area contributed by atoms with Crippen molar-refractivity contribution in [2.45, 2.75) is 84.3 Å². The molecule has 0 saturated carbocycles. The highest BCUT2D eigenvalue weighted by Crippen LogP contribution is 2.37. The summed E-state index contributed by atoms with van der Waals surface area (Å²) < 4.78 is 7.61. The first-order valence-corrected chi connectivity index (χ1v) is 14.6. The van der Waals surface area contributed by atoms with E-state index in [9.17, 15) is 0 Å². The van der Waals surface area contributed by atoms with E-state index < -0.39 is 0 Å². The summed E-state index contributed by atoms with van der Waals surface area (Å²) in [6.07, 6.45) is 5.06. The fraction of sp³-hybridized carbons (Fsp3) is 0.485. The van der Waals surface area contributed by atoms with Gasteiger partial charge in [-0.3, -0.25) is 0 Å². The summed E-state index contributed by atoms with van der Waals surface area (Å²) in [7, 11) is 1.72. The van der Waals surface area contributed by atoms with Crippen molar-refractivity contribution >= 4 is 22.8 Å². The van der Waals surface area contributed by atoms with Crippen LogP contribution >= 0.6 is 0 Å². The van der Waals surface area contributed by atoms with Gasteiger partial charge in [-0.15, -0.1) is 0 Å². The zero-order chi connectivity index (χ0) is 28.2. The summed E-state index contributed by atoms with van der Waals surface area (Å²) in [5, 5.41) is 0. The lowest BCUT2D eigenvalue weighted by atomic mass is 9.84. The van der Waals surface area contributed by atoms with E-state index in [1.165, 1.54) is 35.2 Å². The number of fused-ring (bicyclic) bond motifs is 3. The molecule has 2 atom stereocenters. The van der Waals surface area contributed by atoms with Crippen LogP contribution in [0, 0.1) is 6.92 Å². The Kier molecular flexibility index (Phi) is 6.71. The fourth-order valence-corrected chi connectivity index (χ4v) is 6.41. The summed E-state index contributed by atoms with van der Waals surface area (Å²) in [6, 6.07) is 16.5. The third kappa shape index (κ3) is 4.80. The number of rotatable bonds is 6. The molecular formula is C33H42N6O. The summed E-state index contributed by atoms with van der Waals surface area (Å²) >= 11 is 0. The molecule has 7 heteroatoms. The van der Waals surface area contributed by atoms with E-state index in [0.29, 0.717) is 12.1 Å². The molecule has 0 N–H and O–H groups in total. The summed E-state index contributed by atoms with van der Waals surface area (Å²) in [5.74, 6) is 1.71. The molecule has 0 aliphatic carbocycles. The van der Waals surface area contributed by atoms with Crippen LogP contribution in [0.5, 0.6) is 5.75 Å². The van der Waals surface area contributed by atoms with E-state index in [0.717, 1.165) is 48.1 Å². The Bertz CT molecular complexity index is 1500. The van der Waals surface area contributed by atoms with Crippen LogP contribution in [0.4, 0.5) is 11.6 Å². The van der Waals surface area contributed by atoms with Crippen LogP contribution in [0.25, 0.3) is 11.2 Å².